The van der Waals surface area contributed by atoms with Gasteiger partial charge in [-0.3, -0.25) is 9.59 Å². The maximum absolute atomic E-state index is 13.5. The summed E-state index contributed by atoms with van der Waals surface area (Å²) in [5.74, 6) is 0.630. The van der Waals surface area contributed by atoms with E-state index in [0.717, 1.165) is 10.9 Å². The van der Waals surface area contributed by atoms with E-state index in [9.17, 15) is 9.59 Å². The van der Waals surface area contributed by atoms with Gasteiger partial charge >= 0.3 is 0 Å². The molecule has 6 aromatic rings. The number of nitrogens with one attached hydrogen (secondary N) is 1. The first kappa shape index (κ1) is 25.5. The topological polar surface area (TPSA) is 73.2 Å². The van der Waals surface area contributed by atoms with E-state index in [4.69, 9.17) is 4.74 Å². The van der Waals surface area contributed by atoms with Gasteiger partial charge in [0.2, 0.25) is 0 Å². The lowest BCUT2D eigenvalue weighted by molar-refractivity contribution is 0.0949. The van der Waals surface area contributed by atoms with E-state index < -0.39 is 0 Å². The van der Waals surface area contributed by atoms with Gasteiger partial charge in [-0.25, -0.2) is 0 Å². The van der Waals surface area contributed by atoms with Gasteiger partial charge in [-0.05, 0) is 60.2 Å². The van der Waals surface area contributed by atoms with Crippen molar-refractivity contribution < 1.29 is 14.3 Å². The van der Waals surface area contributed by atoms with Crippen LogP contribution in [0.4, 0.5) is 5.69 Å². The van der Waals surface area contributed by atoms with Crippen LogP contribution >= 0.6 is 0 Å². The van der Waals surface area contributed by atoms with Crippen molar-refractivity contribution in [3.8, 4) is 11.5 Å². The number of ether oxygens (including phenoxy) is 1. The maximum atomic E-state index is 13.5. The molecule has 0 spiro atoms. The first-order chi connectivity index (χ1) is 20.1. The highest BCUT2D eigenvalue weighted by Gasteiger charge is 2.17. The Balaban J connectivity index is 1.32. The Bertz CT molecular complexity index is 1860. The van der Waals surface area contributed by atoms with Crippen molar-refractivity contribution in [3.05, 3.63) is 156 Å². The van der Waals surface area contributed by atoms with Crippen LogP contribution in [-0.2, 0) is 0 Å². The Morgan fingerprint density at radius 3 is 2.05 bits per heavy atom. The lowest BCUT2D eigenvalue weighted by Crippen LogP contribution is -2.13. The second-order valence-corrected chi connectivity index (χ2v) is 9.34. The van der Waals surface area contributed by atoms with Crippen LogP contribution in [0.15, 0.2) is 133 Å². The third-order valence-electron chi connectivity index (χ3n) is 6.49. The van der Waals surface area contributed by atoms with E-state index in [-0.39, 0.29) is 11.8 Å². The van der Waals surface area contributed by atoms with Gasteiger partial charge in [0, 0.05) is 34.3 Å². The molecule has 6 nitrogen and oxygen atoms in total. The molecule has 1 N–H and O–H groups in total. The van der Waals surface area contributed by atoms with Crippen LogP contribution in [0.3, 0.4) is 0 Å². The van der Waals surface area contributed by atoms with Gasteiger partial charge in [-0.15, -0.1) is 0 Å². The first-order valence-electron chi connectivity index (χ1n) is 13.1. The standard InChI is InChI=1S/C35H25N3O3/c39-34(26-13-6-2-7-14-26)36-28-17-10-18-29(23-28)41-30-20-21-31-32(22-19-25-11-4-1-5-12-25)37-38(33(31)24-30)35(40)27-15-8-3-9-16-27/h1-24H,(H,36,39)/b22-19+. The van der Waals surface area contributed by atoms with E-state index in [1.807, 2.05) is 103 Å². The Kier molecular flexibility index (Phi) is 7.19. The van der Waals surface area contributed by atoms with Gasteiger partial charge in [0.1, 0.15) is 11.5 Å². The highest BCUT2D eigenvalue weighted by atomic mass is 16.5. The lowest BCUT2D eigenvalue weighted by atomic mass is 10.1. The van der Waals surface area contributed by atoms with E-state index in [1.54, 1.807) is 42.5 Å². The Morgan fingerprint density at radius 1 is 0.659 bits per heavy atom. The molecule has 0 fully saturated rings. The second-order valence-electron chi connectivity index (χ2n) is 9.34. The van der Waals surface area contributed by atoms with E-state index in [2.05, 4.69) is 10.4 Å². The first-order valence-corrected chi connectivity index (χ1v) is 13.1. The molecule has 0 aliphatic rings. The maximum Gasteiger partial charge on any atom is 0.278 e. The highest BCUT2D eigenvalue weighted by molar-refractivity contribution is 6.04. The van der Waals surface area contributed by atoms with Gasteiger partial charge in [-0.1, -0.05) is 78.9 Å². The van der Waals surface area contributed by atoms with Crippen LogP contribution in [0.5, 0.6) is 11.5 Å². The van der Waals surface area contributed by atoms with Crippen molar-refractivity contribution >= 4 is 40.6 Å². The molecule has 0 aliphatic carbocycles. The number of fused-ring (bicyclic) bond motifs is 1. The zero-order valence-corrected chi connectivity index (χ0v) is 22.0. The minimum atomic E-state index is -0.238. The second kappa shape index (κ2) is 11.6. The summed E-state index contributed by atoms with van der Waals surface area (Å²) in [6.07, 6.45) is 3.88. The molecular weight excluding hydrogens is 510 g/mol. The molecule has 0 radical (unpaired) electrons. The van der Waals surface area contributed by atoms with E-state index >= 15 is 0 Å². The van der Waals surface area contributed by atoms with Crippen LogP contribution in [0.25, 0.3) is 23.1 Å². The van der Waals surface area contributed by atoms with Crippen LogP contribution in [0, 0.1) is 0 Å². The number of amides is 1. The Labute approximate surface area is 237 Å². The largest absolute Gasteiger partial charge is 0.457 e. The molecule has 0 saturated heterocycles. The number of aromatic nitrogens is 2. The van der Waals surface area contributed by atoms with Crippen LogP contribution in [-0.4, -0.2) is 21.6 Å². The number of hydrogen-bond donors (Lipinski definition) is 1. The molecule has 1 amide bonds. The summed E-state index contributed by atoms with van der Waals surface area (Å²) in [6, 6.07) is 40.7. The fraction of sp³-hybridized carbons (Fsp3) is 0. The summed E-state index contributed by atoms with van der Waals surface area (Å²) in [5, 5.41) is 8.40. The molecular formula is C35H25N3O3. The molecule has 0 unspecified atom stereocenters. The van der Waals surface area contributed by atoms with E-state index in [0.29, 0.717) is 39.5 Å². The number of nitrogens with zero attached hydrogens (tertiary/aromatic N) is 2. The molecule has 0 aliphatic heterocycles. The van der Waals surface area contributed by atoms with Crippen LogP contribution in [0.2, 0.25) is 0 Å². The van der Waals surface area contributed by atoms with Gasteiger partial charge in [0.05, 0.1) is 11.2 Å². The predicted molar refractivity (Wildman–Crippen MR) is 162 cm³/mol. The predicted octanol–water partition coefficient (Wildman–Crippen LogP) is 7.94. The van der Waals surface area contributed by atoms with Crippen molar-refractivity contribution in [1.82, 2.24) is 9.78 Å². The quantitative estimate of drug-likeness (QED) is 0.225. The van der Waals surface area contributed by atoms with Crippen LogP contribution < -0.4 is 10.1 Å². The average Bonchev–Trinajstić information content (AvgIpc) is 3.39. The van der Waals surface area contributed by atoms with Gasteiger partial charge < -0.3 is 10.1 Å². The highest BCUT2D eigenvalue weighted by Crippen LogP contribution is 2.30. The third-order valence-corrected chi connectivity index (χ3v) is 6.49. The minimum absolute atomic E-state index is 0.205. The lowest BCUT2D eigenvalue weighted by Gasteiger charge is -2.10. The number of benzene rings is 5. The fourth-order valence-corrected chi connectivity index (χ4v) is 4.47. The normalized spacial score (nSPS) is 11.0. The fourth-order valence-electron chi connectivity index (χ4n) is 4.47. The molecule has 41 heavy (non-hydrogen) atoms. The molecule has 0 bridgehead atoms. The van der Waals surface area contributed by atoms with Crippen molar-refractivity contribution in [2.75, 3.05) is 5.32 Å². The third kappa shape index (κ3) is 5.82. The minimum Gasteiger partial charge on any atom is -0.457 e. The van der Waals surface area contributed by atoms with Crippen molar-refractivity contribution in [2.45, 2.75) is 0 Å². The number of anilines is 1. The number of carbonyl (C=O) groups is 2. The summed E-state index contributed by atoms with van der Waals surface area (Å²) < 4.78 is 7.59. The summed E-state index contributed by atoms with van der Waals surface area (Å²) in [7, 11) is 0. The molecule has 1 aromatic heterocycles. The molecule has 5 aromatic carbocycles. The molecule has 198 valence electrons. The molecule has 6 rings (SSSR count). The van der Waals surface area contributed by atoms with Crippen molar-refractivity contribution in [1.29, 1.82) is 0 Å². The number of hydrogen-bond acceptors (Lipinski definition) is 4. The van der Waals surface area contributed by atoms with E-state index in [1.165, 1.54) is 4.68 Å². The Hall–Kier alpha value is -5.75. The SMILES string of the molecule is O=C(Nc1cccc(Oc2ccc3c(/C=C/c4ccccc4)nn(C(=O)c4ccccc4)c3c2)c1)c1ccccc1. The van der Waals surface area contributed by atoms with Gasteiger partial charge in [-0.2, -0.15) is 9.78 Å². The monoisotopic (exact) mass is 535 g/mol. The smallest absolute Gasteiger partial charge is 0.278 e. The number of rotatable bonds is 7. The van der Waals surface area contributed by atoms with Gasteiger partial charge in [0.15, 0.2) is 0 Å². The molecule has 0 atom stereocenters. The van der Waals surface area contributed by atoms with Gasteiger partial charge in [0.25, 0.3) is 11.8 Å². The zero-order valence-electron chi connectivity index (χ0n) is 22.0. The summed E-state index contributed by atoms with van der Waals surface area (Å²) >= 11 is 0. The summed E-state index contributed by atoms with van der Waals surface area (Å²) in [5.41, 5.74) is 4.03. The summed E-state index contributed by atoms with van der Waals surface area (Å²) in [6.45, 7) is 0. The molecule has 0 saturated carbocycles. The van der Waals surface area contributed by atoms with Crippen molar-refractivity contribution in [3.63, 3.8) is 0 Å². The average molecular weight is 536 g/mol. The van der Waals surface area contributed by atoms with Crippen LogP contribution in [0.1, 0.15) is 32.0 Å². The Morgan fingerprint density at radius 2 is 1.32 bits per heavy atom. The molecule has 1 heterocycles. The zero-order chi connectivity index (χ0) is 28.0. The molecule has 6 heteroatoms. The number of carbonyl (C=O) groups excluding carboxylic acids is 2. The van der Waals surface area contributed by atoms with Crippen molar-refractivity contribution in [2.24, 2.45) is 0 Å². The summed E-state index contributed by atoms with van der Waals surface area (Å²) in [4.78, 5) is 26.1.